The number of sulfone groups is 1. The maximum absolute atomic E-state index is 12.8. The number of benzene rings is 2. The van der Waals surface area contributed by atoms with Crippen LogP contribution >= 0.6 is 0 Å². The van der Waals surface area contributed by atoms with E-state index in [-0.39, 0.29) is 21.1 Å². The molecular weight excluding hydrogens is 316 g/mol. The minimum atomic E-state index is -3.79. The van der Waals surface area contributed by atoms with Crippen LogP contribution in [-0.2, 0) is 9.84 Å². The average molecular weight is 330 g/mol. The molecule has 0 unspecified atom stereocenters. The Balaban J connectivity index is 2.62. The summed E-state index contributed by atoms with van der Waals surface area (Å²) in [5, 5.41) is 0. The Hall–Kier alpha value is -2.76. The van der Waals surface area contributed by atoms with Crippen LogP contribution in [0.5, 0.6) is 5.75 Å². The Bertz CT molecular complexity index is 913. The van der Waals surface area contributed by atoms with Gasteiger partial charge in [0.05, 0.1) is 12.0 Å². The first kappa shape index (κ1) is 16.6. The summed E-state index contributed by atoms with van der Waals surface area (Å²) in [7, 11) is -2.47. The molecule has 0 fully saturated rings. The second-order valence-electron chi connectivity index (χ2n) is 4.74. The van der Waals surface area contributed by atoms with Gasteiger partial charge in [0.2, 0.25) is 9.84 Å². The van der Waals surface area contributed by atoms with Gasteiger partial charge >= 0.3 is 6.21 Å². The number of hydrogen-bond donors (Lipinski definition) is 0. The smallest absolute Gasteiger partial charge is 0.328 e. The van der Waals surface area contributed by atoms with Crippen LogP contribution in [0.3, 0.4) is 0 Å². The molecule has 118 valence electrons. The second-order valence-corrected chi connectivity index (χ2v) is 6.63. The first-order valence-electron chi connectivity index (χ1n) is 6.62. The van der Waals surface area contributed by atoms with Gasteiger partial charge in [-0.2, -0.15) is 4.79 Å². The number of carbonyl (C=O) groups is 1. The predicted octanol–water partition coefficient (Wildman–Crippen LogP) is 2.32. The van der Waals surface area contributed by atoms with Crippen molar-refractivity contribution in [1.82, 2.24) is 0 Å². The summed E-state index contributed by atoms with van der Waals surface area (Å²) in [6.07, 6.45) is 0.726. The summed E-state index contributed by atoms with van der Waals surface area (Å²) in [6.45, 7) is 1.70. The summed E-state index contributed by atoms with van der Waals surface area (Å²) >= 11 is 0. The van der Waals surface area contributed by atoms with E-state index < -0.39 is 15.6 Å². The number of hydrogen-bond acceptors (Lipinski definition) is 4. The van der Waals surface area contributed by atoms with Crippen LogP contribution in [0.4, 0.5) is 0 Å². The zero-order valence-corrected chi connectivity index (χ0v) is 13.4. The van der Waals surface area contributed by atoms with E-state index in [1.54, 1.807) is 25.1 Å². The Morgan fingerprint density at radius 3 is 2.48 bits per heavy atom. The molecule has 0 heterocycles. The van der Waals surface area contributed by atoms with E-state index in [1.165, 1.54) is 31.4 Å². The van der Waals surface area contributed by atoms with Gasteiger partial charge < -0.3 is 10.3 Å². The van der Waals surface area contributed by atoms with Crippen molar-refractivity contribution in [3.8, 4) is 5.75 Å². The number of rotatable bonds is 5. The molecule has 0 atom stereocenters. The normalized spacial score (nSPS) is 10.7. The number of carbonyl (C=O) groups excluding carboxylic acids is 1. The van der Waals surface area contributed by atoms with Crippen LogP contribution in [0.2, 0.25) is 0 Å². The number of aryl methyl sites for hydroxylation is 1. The van der Waals surface area contributed by atoms with Gasteiger partial charge in [0.25, 0.3) is 5.78 Å². The molecule has 0 aliphatic heterocycles. The topological polar surface area (TPSA) is 96.8 Å². The van der Waals surface area contributed by atoms with Crippen molar-refractivity contribution in [3.63, 3.8) is 0 Å². The molecule has 6 nitrogen and oxygen atoms in total. The lowest BCUT2D eigenvalue weighted by molar-refractivity contribution is 0.00234. The third-order valence-electron chi connectivity index (χ3n) is 3.30. The third-order valence-corrected chi connectivity index (χ3v) is 5.25. The van der Waals surface area contributed by atoms with E-state index in [4.69, 9.17) is 10.3 Å². The minimum Gasteiger partial charge on any atom is -0.495 e. The predicted molar refractivity (Wildman–Crippen MR) is 83.6 cm³/mol. The SMILES string of the molecule is COc1cc(C(=O)C=[N+]=[N-])ccc1S(=O)(=O)c1ccccc1C. The largest absolute Gasteiger partial charge is 0.495 e. The highest BCUT2D eigenvalue weighted by molar-refractivity contribution is 7.91. The zero-order chi connectivity index (χ0) is 17.0. The van der Waals surface area contributed by atoms with Gasteiger partial charge in [-0.3, -0.25) is 4.79 Å². The highest BCUT2D eigenvalue weighted by Crippen LogP contribution is 2.31. The van der Waals surface area contributed by atoms with Crippen molar-refractivity contribution >= 4 is 21.8 Å². The zero-order valence-electron chi connectivity index (χ0n) is 12.6. The quantitative estimate of drug-likeness (QED) is 0.364. The molecule has 0 aliphatic carbocycles. The Morgan fingerprint density at radius 1 is 1.17 bits per heavy atom. The molecule has 0 spiro atoms. The van der Waals surface area contributed by atoms with Crippen molar-refractivity contribution in [2.24, 2.45) is 0 Å². The Kier molecular flexibility index (Phi) is 4.74. The van der Waals surface area contributed by atoms with Crippen molar-refractivity contribution < 1.29 is 22.7 Å². The van der Waals surface area contributed by atoms with Crippen LogP contribution in [0, 0.1) is 6.92 Å². The van der Waals surface area contributed by atoms with Crippen molar-refractivity contribution in [1.29, 1.82) is 0 Å². The fourth-order valence-corrected chi connectivity index (χ4v) is 3.79. The van der Waals surface area contributed by atoms with E-state index >= 15 is 0 Å². The third kappa shape index (κ3) is 3.21. The molecule has 0 bridgehead atoms. The molecule has 2 aromatic rings. The molecule has 0 aliphatic rings. The van der Waals surface area contributed by atoms with E-state index in [0.717, 1.165) is 6.21 Å². The molecule has 23 heavy (non-hydrogen) atoms. The lowest BCUT2D eigenvalue weighted by Gasteiger charge is -2.12. The molecule has 2 aromatic carbocycles. The van der Waals surface area contributed by atoms with Crippen LogP contribution in [0.25, 0.3) is 5.53 Å². The molecule has 7 heteroatoms. The number of nitrogens with zero attached hydrogens (tertiary/aromatic N) is 2. The van der Waals surface area contributed by atoms with Gasteiger partial charge in [-0.05, 0) is 36.8 Å². The van der Waals surface area contributed by atoms with E-state index in [1.807, 2.05) is 0 Å². The van der Waals surface area contributed by atoms with Crippen LogP contribution in [0.15, 0.2) is 52.3 Å². The fourth-order valence-electron chi connectivity index (χ4n) is 2.15. The standard InChI is InChI=1S/C16H14N2O4S/c1-11-5-3-4-6-15(11)23(20,21)16-8-7-12(9-14(16)22-2)13(19)10-18-17/h3-10H,1-2H3. The number of Topliss-reactive ketones (excluding diaryl/α,β-unsaturated/α-hetero) is 1. The summed E-state index contributed by atoms with van der Waals surface area (Å²) < 4.78 is 30.7. The summed E-state index contributed by atoms with van der Waals surface area (Å²) in [5.74, 6) is -0.518. The fraction of sp³-hybridized carbons (Fsp3) is 0.125. The summed E-state index contributed by atoms with van der Waals surface area (Å²) in [6, 6.07) is 10.6. The molecular formula is C16H14N2O4S. The van der Waals surface area contributed by atoms with Crippen LogP contribution < -0.4 is 4.74 Å². The van der Waals surface area contributed by atoms with Crippen LogP contribution in [-0.4, -0.2) is 32.3 Å². The Morgan fingerprint density at radius 2 is 1.87 bits per heavy atom. The van der Waals surface area contributed by atoms with E-state index in [9.17, 15) is 13.2 Å². The van der Waals surface area contributed by atoms with Gasteiger partial charge in [-0.15, -0.1) is 0 Å². The van der Waals surface area contributed by atoms with Gasteiger partial charge in [0.15, 0.2) is 0 Å². The van der Waals surface area contributed by atoms with Gasteiger partial charge in [-0.25, -0.2) is 8.42 Å². The summed E-state index contributed by atoms with van der Waals surface area (Å²) in [5.41, 5.74) is 9.18. The average Bonchev–Trinajstić information content (AvgIpc) is 2.54. The van der Waals surface area contributed by atoms with Gasteiger partial charge in [0.1, 0.15) is 10.6 Å². The Labute approximate surface area is 133 Å². The van der Waals surface area contributed by atoms with Crippen LogP contribution in [0.1, 0.15) is 15.9 Å². The molecule has 0 aromatic heterocycles. The summed E-state index contributed by atoms with van der Waals surface area (Å²) in [4.78, 5) is 14.5. The van der Waals surface area contributed by atoms with Gasteiger partial charge in [-0.1, -0.05) is 18.2 Å². The van der Waals surface area contributed by atoms with Crippen molar-refractivity contribution in [3.05, 3.63) is 59.1 Å². The van der Waals surface area contributed by atoms with Crippen molar-refractivity contribution in [2.45, 2.75) is 16.7 Å². The number of ketones is 1. The van der Waals surface area contributed by atoms with Crippen molar-refractivity contribution in [2.75, 3.05) is 7.11 Å². The molecule has 0 N–H and O–H groups in total. The molecule has 2 rings (SSSR count). The molecule has 0 amide bonds. The molecule has 0 saturated carbocycles. The first-order valence-corrected chi connectivity index (χ1v) is 8.10. The maximum Gasteiger partial charge on any atom is 0.328 e. The molecule has 0 saturated heterocycles. The first-order chi connectivity index (χ1) is 10.9. The molecule has 0 radical (unpaired) electrons. The van der Waals surface area contributed by atoms with E-state index in [2.05, 4.69) is 4.79 Å². The highest BCUT2D eigenvalue weighted by Gasteiger charge is 2.24. The van der Waals surface area contributed by atoms with Gasteiger partial charge in [0, 0.05) is 5.56 Å². The second kappa shape index (κ2) is 6.56. The lowest BCUT2D eigenvalue weighted by Crippen LogP contribution is -2.08. The monoisotopic (exact) mass is 330 g/mol. The highest BCUT2D eigenvalue weighted by atomic mass is 32.2. The number of ether oxygens (including phenoxy) is 1. The maximum atomic E-state index is 12.8. The number of methoxy groups -OCH3 is 1. The lowest BCUT2D eigenvalue weighted by atomic mass is 10.1. The minimum absolute atomic E-state index is 0.0354. The van der Waals surface area contributed by atoms with E-state index in [0.29, 0.717) is 5.56 Å².